The summed E-state index contributed by atoms with van der Waals surface area (Å²) >= 11 is 1.33. The Morgan fingerprint density at radius 2 is 1.68 bits per heavy atom. The van der Waals surface area contributed by atoms with Crippen molar-refractivity contribution in [2.24, 2.45) is 0 Å². The van der Waals surface area contributed by atoms with E-state index >= 15 is 0 Å². The van der Waals surface area contributed by atoms with Crippen LogP contribution in [-0.2, 0) is 9.53 Å². The van der Waals surface area contributed by atoms with Crippen LogP contribution in [-0.4, -0.2) is 24.4 Å². The third-order valence-electron chi connectivity index (χ3n) is 3.74. The maximum Gasteiger partial charge on any atom is 0.338 e. The molecule has 0 atom stereocenters. The average molecular weight is 394 g/mol. The van der Waals surface area contributed by atoms with Crippen LogP contribution in [0.5, 0.6) is 0 Å². The highest BCUT2D eigenvalue weighted by molar-refractivity contribution is 7.12. The van der Waals surface area contributed by atoms with Gasteiger partial charge < -0.3 is 15.4 Å². The number of esters is 1. The number of rotatable bonds is 6. The van der Waals surface area contributed by atoms with Crippen LogP contribution in [0.25, 0.3) is 0 Å². The first-order valence-electron chi connectivity index (χ1n) is 8.50. The van der Waals surface area contributed by atoms with Crippen molar-refractivity contribution in [2.75, 3.05) is 17.2 Å². The second-order valence-corrected chi connectivity index (χ2v) is 6.95. The molecule has 0 aliphatic heterocycles. The van der Waals surface area contributed by atoms with Gasteiger partial charge in [-0.25, -0.2) is 4.79 Å². The summed E-state index contributed by atoms with van der Waals surface area (Å²) in [7, 11) is 0. The number of amides is 2. The van der Waals surface area contributed by atoms with Gasteiger partial charge in [-0.05, 0) is 54.3 Å². The zero-order valence-corrected chi connectivity index (χ0v) is 15.9. The number of hydrogen-bond acceptors (Lipinski definition) is 5. The molecule has 1 heterocycles. The molecule has 0 fully saturated rings. The van der Waals surface area contributed by atoms with Crippen molar-refractivity contribution >= 4 is 40.5 Å². The molecule has 0 radical (unpaired) electrons. The maximum atomic E-state index is 12.2. The van der Waals surface area contributed by atoms with Crippen molar-refractivity contribution in [3.8, 4) is 0 Å². The lowest BCUT2D eigenvalue weighted by molar-refractivity contribution is -0.119. The number of carbonyl (C=O) groups is 3. The lowest BCUT2D eigenvalue weighted by Gasteiger charge is -2.08. The Kier molecular flexibility index (Phi) is 6.18. The van der Waals surface area contributed by atoms with Crippen LogP contribution in [0, 0.1) is 6.92 Å². The molecular formula is C21H18N2O4S. The van der Waals surface area contributed by atoms with Crippen molar-refractivity contribution in [1.82, 2.24) is 0 Å². The molecular weight excluding hydrogens is 376 g/mol. The van der Waals surface area contributed by atoms with Crippen LogP contribution in [0.3, 0.4) is 0 Å². The second-order valence-electron chi connectivity index (χ2n) is 6.01. The number of aryl methyl sites for hydroxylation is 1. The first-order valence-corrected chi connectivity index (χ1v) is 9.38. The number of ether oxygens (including phenoxy) is 1. The lowest BCUT2D eigenvalue weighted by Crippen LogP contribution is -2.21. The fourth-order valence-corrected chi connectivity index (χ4v) is 3.08. The van der Waals surface area contributed by atoms with E-state index in [4.69, 9.17) is 4.74 Å². The predicted molar refractivity (Wildman–Crippen MR) is 109 cm³/mol. The summed E-state index contributed by atoms with van der Waals surface area (Å²) in [5.41, 5.74) is 2.36. The van der Waals surface area contributed by atoms with Crippen molar-refractivity contribution in [3.63, 3.8) is 0 Å². The molecule has 0 saturated carbocycles. The Morgan fingerprint density at radius 1 is 0.929 bits per heavy atom. The zero-order chi connectivity index (χ0) is 19.9. The molecule has 3 rings (SSSR count). The van der Waals surface area contributed by atoms with Gasteiger partial charge >= 0.3 is 5.97 Å². The standard InChI is InChI=1S/C21H18N2O4S/c1-14-5-2-7-16(11-14)22-19(24)13-27-21(26)15-6-3-8-17(12-15)23-20(25)18-9-4-10-28-18/h2-12H,13H2,1H3,(H,22,24)(H,23,25). The Morgan fingerprint density at radius 3 is 2.39 bits per heavy atom. The Bertz CT molecular complexity index is 999. The van der Waals surface area contributed by atoms with E-state index in [1.54, 1.807) is 36.4 Å². The van der Waals surface area contributed by atoms with Gasteiger partial charge in [-0.2, -0.15) is 0 Å². The van der Waals surface area contributed by atoms with Gasteiger partial charge in [0.05, 0.1) is 10.4 Å². The minimum Gasteiger partial charge on any atom is -0.452 e. The van der Waals surface area contributed by atoms with Crippen LogP contribution in [0.2, 0.25) is 0 Å². The van der Waals surface area contributed by atoms with Crippen LogP contribution in [0.1, 0.15) is 25.6 Å². The molecule has 0 saturated heterocycles. The van der Waals surface area contributed by atoms with E-state index in [0.29, 0.717) is 16.3 Å². The summed E-state index contributed by atoms with van der Waals surface area (Å²) in [6.45, 7) is 1.51. The van der Waals surface area contributed by atoms with E-state index < -0.39 is 18.5 Å². The molecule has 28 heavy (non-hydrogen) atoms. The van der Waals surface area contributed by atoms with Gasteiger partial charge in [-0.3, -0.25) is 9.59 Å². The lowest BCUT2D eigenvalue weighted by atomic mass is 10.2. The third-order valence-corrected chi connectivity index (χ3v) is 4.61. The maximum absolute atomic E-state index is 12.2. The molecule has 0 bridgehead atoms. The van der Waals surface area contributed by atoms with Gasteiger partial charge in [0.2, 0.25) is 0 Å². The molecule has 3 aromatic rings. The monoisotopic (exact) mass is 394 g/mol. The van der Waals surface area contributed by atoms with Gasteiger partial charge in [-0.1, -0.05) is 24.3 Å². The van der Waals surface area contributed by atoms with Crippen LogP contribution < -0.4 is 10.6 Å². The summed E-state index contributed by atoms with van der Waals surface area (Å²) < 4.78 is 5.06. The largest absolute Gasteiger partial charge is 0.452 e. The fraction of sp³-hybridized carbons (Fsp3) is 0.0952. The molecule has 7 heteroatoms. The zero-order valence-electron chi connectivity index (χ0n) is 15.1. The van der Waals surface area contributed by atoms with Gasteiger partial charge in [-0.15, -0.1) is 11.3 Å². The molecule has 2 N–H and O–H groups in total. The molecule has 2 aromatic carbocycles. The van der Waals surface area contributed by atoms with Gasteiger partial charge in [0.25, 0.3) is 11.8 Å². The van der Waals surface area contributed by atoms with Crippen LogP contribution >= 0.6 is 11.3 Å². The summed E-state index contributed by atoms with van der Waals surface area (Å²) in [6, 6.07) is 17.2. The highest BCUT2D eigenvalue weighted by atomic mass is 32.1. The number of thiophene rings is 1. The fourth-order valence-electron chi connectivity index (χ4n) is 2.46. The van der Waals surface area contributed by atoms with E-state index in [0.717, 1.165) is 5.56 Å². The molecule has 0 unspecified atom stereocenters. The van der Waals surface area contributed by atoms with Gasteiger partial charge in [0.1, 0.15) is 0 Å². The number of nitrogens with one attached hydrogen (secondary N) is 2. The molecule has 0 spiro atoms. The number of anilines is 2. The molecule has 142 valence electrons. The smallest absolute Gasteiger partial charge is 0.338 e. The van der Waals surface area contributed by atoms with Gasteiger partial charge in [0.15, 0.2) is 6.61 Å². The van der Waals surface area contributed by atoms with E-state index in [-0.39, 0.29) is 11.5 Å². The Labute approximate surface area is 166 Å². The molecule has 0 aliphatic carbocycles. The normalized spacial score (nSPS) is 10.2. The SMILES string of the molecule is Cc1cccc(NC(=O)COC(=O)c2cccc(NC(=O)c3cccs3)c2)c1. The topological polar surface area (TPSA) is 84.5 Å². The van der Waals surface area contributed by atoms with Crippen molar-refractivity contribution in [1.29, 1.82) is 0 Å². The third kappa shape index (κ3) is 5.28. The molecule has 6 nitrogen and oxygen atoms in total. The number of carbonyl (C=O) groups excluding carboxylic acids is 3. The van der Waals surface area contributed by atoms with Crippen molar-refractivity contribution in [3.05, 3.63) is 82.0 Å². The van der Waals surface area contributed by atoms with E-state index in [2.05, 4.69) is 10.6 Å². The summed E-state index contributed by atoms with van der Waals surface area (Å²) in [5.74, 6) is -1.33. The van der Waals surface area contributed by atoms with Crippen LogP contribution in [0.15, 0.2) is 66.0 Å². The second kappa shape index (κ2) is 8.96. The number of hydrogen-bond donors (Lipinski definition) is 2. The van der Waals surface area contributed by atoms with E-state index in [1.165, 1.54) is 17.4 Å². The van der Waals surface area contributed by atoms with E-state index in [1.807, 2.05) is 30.5 Å². The molecule has 1 aromatic heterocycles. The summed E-state index contributed by atoms with van der Waals surface area (Å²) in [4.78, 5) is 36.8. The first-order chi connectivity index (χ1) is 13.5. The first kappa shape index (κ1) is 19.3. The Balaban J connectivity index is 1.55. The highest BCUT2D eigenvalue weighted by Crippen LogP contribution is 2.16. The van der Waals surface area contributed by atoms with E-state index in [9.17, 15) is 14.4 Å². The van der Waals surface area contributed by atoms with Gasteiger partial charge in [0, 0.05) is 11.4 Å². The van der Waals surface area contributed by atoms with Crippen molar-refractivity contribution in [2.45, 2.75) is 6.92 Å². The summed E-state index contributed by atoms with van der Waals surface area (Å²) in [6.07, 6.45) is 0. The molecule has 0 aliphatic rings. The quantitative estimate of drug-likeness (QED) is 0.617. The Hall–Kier alpha value is -3.45. The predicted octanol–water partition coefficient (Wildman–Crippen LogP) is 4.10. The minimum atomic E-state index is -0.647. The molecule has 2 amide bonds. The summed E-state index contributed by atoms with van der Waals surface area (Å²) in [5, 5.41) is 7.21. The minimum absolute atomic E-state index is 0.243. The number of benzene rings is 2. The highest BCUT2D eigenvalue weighted by Gasteiger charge is 2.13. The van der Waals surface area contributed by atoms with Crippen LogP contribution in [0.4, 0.5) is 11.4 Å². The van der Waals surface area contributed by atoms with Crippen molar-refractivity contribution < 1.29 is 19.1 Å². The average Bonchev–Trinajstić information content (AvgIpc) is 3.21.